The first-order chi connectivity index (χ1) is 9.63. The molecule has 0 aromatic heterocycles. The molecule has 2 heterocycles. The highest BCUT2D eigenvalue weighted by Gasteiger charge is 2.47. The number of carbonyl (C=O) groups excluding carboxylic acids is 2. The van der Waals surface area contributed by atoms with Crippen LogP contribution in [0.15, 0.2) is 0 Å². The molecule has 0 aromatic rings. The topological polar surface area (TPSA) is 65.1 Å². The molecule has 21 heavy (non-hydrogen) atoms. The third-order valence-corrected chi connectivity index (χ3v) is 3.69. The highest BCUT2D eigenvalue weighted by Crippen LogP contribution is 2.34. The Labute approximate surface area is 125 Å². The summed E-state index contributed by atoms with van der Waals surface area (Å²) in [5.41, 5.74) is -0.604. The van der Waals surface area contributed by atoms with Crippen LogP contribution in [0.2, 0.25) is 0 Å². The molecule has 2 aliphatic rings. The summed E-state index contributed by atoms with van der Waals surface area (Å²) in [5, 5.41) is 0. The van der Waals surface area contributed by atoms with Gasteiger partial charge in [0.15, 0.2) is 5.79 Å². The Kier molecular flexibility index (Phi) is 4.31. The van der Waals surface area contributed by atoms with E-state index in [2.05, 4.69) is 0 Å². The second kappa shape index (κ2) is 5.57. The van der Waals surface area contributed by atoms with E-state index in [-0.39, 0.29) is 12.1 Å². The Balaban J connectivity index is 2.18. The van der Waals surface area contributed by atoms with Gasteiger partial charge in [0.25, 0.3) is 0 Å². The minimum absolute atomic E-state index is 0.127. The predicted molar refractivity (Wildman–Crippen MR) is 75.9 cm³/mol. The lowest BCUT2D eigenvalue weighted by Gasteiger charge is -2.49. The summed E-state index contributed by atoms with van der Waals surface area (Å²) < 4.78 is 17.0. The molecule has 0 unspecified atom stereocenters. The number of fused-ring (bicyclic) bond motifs is 1. The molecule has 2 saturated heterocycles. The van der Waals surface area contributed by atoms with Crippen molar-refractivity contribution < 1.29 is 23.8 Å². The van der Waals surface area contributed by atoms with E-state index in [1.807, 2.05) is 13.8 Å². The second-order valence-electron chi connectivity index (χ2n) is 7.10. The van der Waals surface area contributed by atoms with Crippen LogP contribution in [0.25, 0.3) is 0 Å². The van der Waals surface area contributed by atoms with Crippen molar-refractivity contribution in [2.75, 3.05) is 6.61 Å². The quantitative estimate of drug-likeness (QED) is 0.694. The molecular formula is C15H25NO5. The van der Waals surface area contributed by atoms with Gasteiger partial charge < -0.3 is 19.0 Å². The molecule has 2 rings (SSSR count). The summed E-state index contributed by atoms with van der Waals surface area (Å²) in [5.74, 6) is -0.658. The summed E-state index contributed by atoms with van der Waals surface area (Å²) in [6.45, 7) is 9.47. The standard InChI is InChI=1S/C15H25NO5/c1-14(2,3)21-13(18)16-10(8-17)6-7-12-11(16)9-19-15(4,5)20-12/h8,10-12H,6-7,9H2,1-5H3/t10-,11+,12-/m0/s1. The van der Waals surface area contributed by atoms with E-state index in [1.165, 1.54) is 4.90 Å². The Morgan fingerprint density at radius 1 is 1.33 bits per heavy atom. The normalized spacial score (nSPS) is 32.2. The third kappa shape index (κ3) is 3.74. The Morgan fingerprint density at radius 2 is 2.00 bits per heavy atom. The van der Waals surface area contributed by atoms with Gasteiger partial charge >= 0.3 is 6.09 Å². The maximum Gasteiger partial charge on any atom is 0.411 e. The molecule has 6 nitrogen and oxygen atoms in total. The van der Waals surface area contributed by atoms with E-state index < -0.39 is 23.5 Å². The van der Waals surface area contributed by atoms with Gasteiger partial charge in [-0.2, -0.15) is 0 Å². The summed E-state index contributed by atoms with van der Waals surface area (Å²) in [6.07, 6.45) is 1.51. The van der Waals surface area contributed by atoms with Crippen molar-refractivity contribution in [2.45, 2.75) is 77.0 Å². The van der Waals surface area contributed by atoms with Crippen LogP contribution in [0.1, 0.15) is 47.5 Å². The lowest BCUT2D eigenvalue weighted by atomic mass is 9.93. The molecule has 2 aliphatic heterocycles. The van der Waals surface area contributed by atoms with Crippen molar-refractivity contribution in [3.8, 4) is 0 Å². The molecule has 2 fully saturated rings. The van der Waals surface area contributed by atoms with Gasteiger partial charge in [-0.15, -0.1) is 0 Å². The number of ether oxygens (including phenoxy) is 3. The third-order valence-electron chi connectivity index (χ3n) is 3.69. The zero-order valence-electron chi connectivity index (χ0n) is 13.4. The molecule has 1 amide bonds. The van der Waals surface area contributed by atoms with Crippen molar-refractivity contribution >= 4 is 12.4 Å². The van der Waals surface area contributed by atoms with Crippen molar-refractivity contribution in [1.82, 2.24) is 4.90 Å². The largest absolute Gasteiger partial charge is 0.444 e. The van der Waals surface area contributed by atoms with E-state index >= 15 is 0 Å². The van der Waals surface area contributed by atoms with Crippen LogP contribution in [0.5, 0.6) is 0 Å². The second-order valence-corrected chi connectivity index (χ2v) is 7.10. The van der Waals surface area contributed by atoms with Crippen LogP contribution in [0.3, 0.4) is 0 Å². The van der Waals surface area contributed by atoms with Crippen molar-refractivity contribution in [1.29, 1.82) is 0 Å². The maximum atomic E-state index is 12.4. The highest BCUT2D eigenvalue weighted by molar-refractivity contribution is 5.74. The number of hydrogen-bond donors (Lipinski definition) is 0. The molecule has 120 valence electrons. The monoisotopic (exact) mass is 299 g/mol. The number of piperidine rings is 1. The Hall–Kier alpha value is -1.14. The zero-order valence-corrected chi connectivity index (χ0v) is 13.4. The van der Waals surface area contributed by atoms with Crippen LogP contribution in [-0.2, 0) is 19.0 Å². The number of likely N-dealkylation sites (tertiary alicyclic amines) is 1. The molecule has 0 radical (unpaired) electrons. The molecular weight excluding hydrogens is 274 g/mol. The first kappa shape index (κ1) is 16.2. The first-order valence-electron chi connectivity index (χ1n) is 7.41. The summed E-state index contributed by atoms with van der Waals surface area (Å²) >= 11 is 0. The zero-order chi connectivity index (χ0) is 15.8. The average molecular weight is 299 g/mol. The SMILES string of the molecule is CC(C)(C)OC(=O)N1[C@H](C=O)CC[C@@H]2OC(C)(C)OC[C@H]21. The number of aldehydes is 1. The number of amides is 1. The van der Waals surface area contributed by atoms with E-state index in [1.54, 1.807) is 20.8 Å². The van der Waals surface area contributed by atoms with Gasteiger partial charge in [0.05, 0.1) is 24.8 Å². The van der Waals surface area contributed by atoms with Gasteiger partial charge in [0.2, 0.25) is 0 Å². The Bertz CT molecular complexity index is 415. The fraction of sp³-hybridized carbons (Fsp3) is 0.867. The van der Waals surface area contributed by atoms with Crippen LogP contribution >= 0.6 is 0 Å². The lowest BCUT2D eigenvalue weighted by Crippen LogP contribution is -2.64. The lowest BCUT2D eigenvalue weighted by molar-refractivity contribution is -0.300. The number of nitrogens with zero attached hydrogens (tertiary/aromatic N) is 1. The van der Waals surface area contributed by atoms with Gasteiger partial charge in [-0.3, -0.25) is 4.90 Å². The van der Waals surface area contributed by atoms with Crippen LogP contribution in [0.4, 0.5) is 4.79 Å². The molecule has 3 atom stereocenters. The van der Waals surface area contributed by atoms with Crippen molar-refractivity contribution in [3.63, 3.8) is 0 Å². The summed E-state index contributed by atoms with van der Waals surface area (Å²) in [4.78, 5) is 25.2. The van der Waals surface area contributed by atoms with E-state index in [9.17, 15) is 9.59 Å². The van der Waals surface area contributed by atoms with Crippen LogP contribution in [0, 0.1) is 0 Å². The molecule has 6 heteroatoms. The molecule has 0 N–H and O–H groups in total. The van der Waals surface area contributed by atoms with Crippen LogP contribution in [-0.4, -0.2) is 53.5 Å². The maximum absolute atomic E-state index is 12.4. The predicted octanol–water partition coefficient (Wildman–Crippen LogP) is 2.10. The Morgan fingerprint density at radius 3 is 2.57 bits per heavy atom. The van der Waals surface area contributed by atoms with Crippen molar-refractivity contribution in [3.05, 3.63) is 0 Å². The smallest absolute Gasteiger partial charge is 0.411 e. The van der Waals surface area contributed by atoms with Gasteiger partial charge in [0, 0.05) is 0 Å². The minimum Gasteiger partial charge on any atom is -0.444 e. The highest BCUT2D eigenvalue weighted by atomic mass is 16.7. The fourth-order valence-electron chi connectivity index (χ4n) is 2.82. The van der Waals surface area contributed by atoms with E-state index in [4.69, 9.17) is 14.2 Å². The van der Waals surface area contributed by atoms with Gasteiger partial charge in [-0.05, 0) is 47.5 Å². The average Bonchev–Trinajstić information content (AvgIpc) is 2.34. The molecule has 0 bridgehead atoms. The first-order valence-corrected chi connectivity index (χ1v) is 7.41. The van der Waals surface area contributed by atoms with Gasteiger partial charge in [0.1, 0.15) is 11.9 Å². The fourth-order valence-corrected chi connectivity index (χ4v) is 2.82. The molecule has 0 aromatic carbocycles. The number of carbonyl (C=O) groups is 2. The summed E-state index contributed by atoms with van der Waals surface area (Å²) in [7, 11) is 0. The summed E-state index contributed by atoms with van der Waals surface area (Å²) in [6, 6.07) is -0.758. The molecule has 0 aliphatic carbocycles. The number of rotatable bonds is 1. The van der Waals surface area contributed by atoms with Gasteiger partial charge in [-0.25, -0.2) is 4.79 Å². The molecule has 0 saturated carbocycles. The number of hydrogen-bond acceptors (Lipinski definition) is 5. The van der Waals surface area contributed by atoms with E-state index in [0.717, 1.165) is 12.7 Å². The minimum atomic E-state index is -0.658. The molecule has 0 spiro atoms. The van der Waals surface area contributed by atoms with Gasteiger partial charge in [-0.1, -0.05) is 0 Å². The van der Waals surface area contributed by atoms with Crippen LogP contribution < -0.4 is 0 Å². The van der Waals surface area contributed by atoms with Crippen molar-refractivity contribution in [2.24, 2.45) is 0 Å². The van der Waals surface area contributed by atoms with E-state index in [0.29, 0.717) is 13.0 Å².